The van der Waals surface area contributed by atoms with Gasteiger partial charge in [0, 0.05) is 10.6 Å². The molecule has 2 aliphatic rings. The number of hydrogen-bond acceptors (Lipinski definition) is 7. The Morgan fingerprint density at radius 3 is 2.58 bits per heavy atom. The molecule has 36 heavy (non-hydrogen) atoms. The zero-order valence-corrected chi connectivity index (χ0v) is 19.0. The normalized spacial score (nSPS) is 17.6. The molecule has 5 aromatic rings. The SMILES string of the molecule is N#CC1=C(N)Oc2c(c(=O)oc3ccccc23)C12c1cc(Cl)ccc1-n1c2nc2ccccc2c1=O. The van der Waals surface area contributed by atoms with Crippen molar-refractivity contribution in [3.63, 3.8) is 0 Å². The second kappa shape index (κ2) is 6.84. The molecule has 2 aliphatic heterocycles. The minimum Gasteiger partial charge on any atom is -0.439 e. The lowest BCUT2D eigenvalue weighted by Crippen LogP contribution is -2.42. The van der Waals surface area contributed by atoms with Crippen LogP contribution in [0.5, 0.6) is 5.75 Å². The molecule has 172 valence electrons. The van der Waals surface area contributed by atoms with Gasteiger partial charge in [-0.3, -0.25) is 9.36 Å². The van der Waals surface area contributed by atoms with Crippen LogP contribution < -0.4 is 21.7 Å². The van der Waals surface area contributed by atoms with E-state index in [0.29, 0.717) is 32.6 Å². The highest BCUT2D eigenvalue weighted by atomic mass is 35.5. The maximum absolute atomic E-state index is 13.8. The van der Waals surface area contributed by atoms with Gasteiger partial charge in [-0.1, -0.05) is 35.9 Å². The van der Waals surface area contributed by atoms with Crippen molar-refractivity contribution in [2.45, 2.75) is 5.41 Å². The highest BCUT2D eigenvalue weighted by Gasteiger charge is 2.58. The summed E-state index contributed by atoms with van der Waals surface area (Å²) in [5, 5.41) is 11.6. The summed E-state index contributed by atoms with van der Waals surface area (Å²) in [6.07, 6.45) is 0. The average molecular weight is 493 g/mol. The highest BCUT2D eigenvalue weighted by molar-refractivity contribution is 6.30. The van der Waals surface area contributed by atoms with Gasteiger partial charge in [0.15, 0.2) is 5.75 Å². The molecule has 0 fully saturated rings. The van der Waals surface area contributed by atoms with E-state index in [9.17, 15) is 14.9 Å². The Bertz CT molecular complexity index is 2020. The molecule has 0 bridgehead atoms. The maximum atomic E-state index is 13.8. The molecule has 0 saturated heterocycles. The fourth-order valence-corrected chi connectivity index (χ4v) is 5.56. The molecule has 2 N–H and O–H groups in total. The van der Waals surface area contributed by atoms with Crippen molar-refractivity contribution in [2.75, 3.05) is 0 Å². The number of allylic oxidation sites excluding steroid dienone is 1. The van der Waals surface area contributed by atoms with Crippen LogP contribution >= 0.6 is 11.6 Å². The van der Waals surface area contributed by atoms with Crippen molar-refractivity contribution in [3.8, 4) is 17.5 Å². The van der Waals surface area contributed by atoms with E-state index in [4.69, 9.17) is 31.5 Å². The van der Waals surface area contributed by atoms with Crippen LogP contribution in [0, 0.1) is 11.3 Å². The van der Waals surface area contributed by atoms with E-state index in [1.807, 2.05) is 0 Å². The first kappa shape index (κ1) is 20.5. The van der Waals surface area contributed by atoms with Gasteiger partial charge in [0.2, 0.25) is 5.88 Å². The summed E-state index contributed by atoms with van der Waals surface area (Å²) in [6.45, 7) is 0. The third kappa shape index (κ3) is 2.30. The van der Waals surface area contributed by atoms with Crippen LogP contribution in [0.1, 0.15) is 17.0 Å². The first-order valence-electron chi connectivity index (χ1n) is 10.9. The molecule has 9 heteroatoms. The van der Waals surface area contributed by atoms with E-state index >= 15 is 0 Å². The molecule has 0 radical (unpaired) electrons. The lowest BCUT2D eigenvalue weighted by Gasteiger charge is -2.34. The zero-order valence-electron chi connectivity index (χ0n) is 18.3. The third-order valence-electron chi connectivity index (χ3n) is 6.80. The van der Waals surface area contributed by atoms with Gasteiger partial charge in [0.05, 0.1) is 22.0 Å². The van der Waals surface area contributed by atoms with Crippen molar-refractivity contribution in [1.82, 2.24) is 9.55 Å². The number of aromatic nitrogens is 2. The molecule has 3 aromatic carbocycles. The lowest BCUT2D eigenvalue weighted by atomic mass is 9.68. The van der Waals surface area contributed by atoms with Crippen LogP contribution in [0.3, 0.4) is 0 Å². The van der Waals surface area contributed by atoms with Crippen LogP contribution in [0.2, 0.25) is 5.02 Å². The van der Waals surface area contributed by atoms with Gasteiger partial charge < -0.3 is 14.9 Å². The summed E-state index contributed by atoms with van der Waals surface area (Å²) < 4.78 is 13.0. The van der Waals surface area contributed by atoms with Crippen molar-refractivity contribution in [3.05, 3.63) is 121 Å². The number of fused-ring (bicyclic) bond motifs is 10. The van der Waals surface area contributed by atoms with Gasteiger partial charge in [-0.15, -0.1) is 0 Å². The molecular weight excluding hydrogens is 480 g/mol. The standard InChI is InChI=1S/C27H13ClN4O4/c28-13-9-10-19-16(11-13)27(26-31-18-7-3-1-5-14(18)24(33)32(19)26)17(12-29)23(30)36-22-15-6-2-4-8-20(15)35-25(34)21(22)27/h1-11H,30H2. The van der Waals surface area contributed by atoms with Crippen molar-refractivity contribution in [2.24, 2.45) is 5.73 Å². The summed E-state index contributed by atoms with van der Waals surface area (Å²) in [5.74, 6) is 0.0674. The van der Waals surface area contributed by atoms with E-state index in [-0.39, 0.29) is 39.7 Å². The van der Waals surface area contributed by atoms with Gasteiger partial charge in [-0.05, 0) is 42.5 Å². The zero-order chi connectivity index (χ0) is 24.8. The van der Waals surface area contributed by atoms with Crippen molar-refractivity contribution < 1.29 is 9.15 Å². The Hall–Kier alpha value is -4.87. The van der Waals surface area contributed by atoms with E-state index in [0.717, 1.165) is 0 Å². The molecule has 0 aliphatic carbocycles. The number of benzene rings is 3. The Balaban J connectivity index is 1.80. The van der Waals surface area contributed by atoms with E-state index < -0.39 is 11.0 Å². The summed E-state index contributed by atoms with van der Waals surface area (Å²) in [4.78, 5) is 32.3. The van der Waals surface area contributed by atoms with Crippen LogP contribution in [0.4, 0.5) is 0 Å². The Kier molecular flexibility index (Phi) is 3.90. The van der Waals surface area contributed by atoms with Gasteiger partial charge in [-0.25, -0.2) is 9.78 Å². The number of nitrogens with two attached hydrogens (primary N) is 1. The molecule has 7 rings (SSSR count). The lowest BCUT2D eigenvalue weighted by molar-refractivity contribution is 0.371. The predicted octanol–water partition coefficient (Wildman–Crippen LogP) is 3.88. The minimum absolute atomic E-state index is 0.00361. The third-order valence-corrected chi connectivity index (χ3v) is 7.04. The summed E-state index contributed by atoms with van der Waals surface area (Å²) in [6, 6.07) is 20.8. The average Bonchev–Trinajstić information content (AvgIpc) is 3.14. The highest BCUT2D eigenvalue weighted by Crippen LogP contribution is 2.56. The van der Waals surface area contributed by atoms with Crippen molar-refractivity contribution in [1.29, 1.82) is 5.26 Å². The predicted molar refractivity (Wildman–Crippen MR) is 132 cm³/mol. The second-order valence-corrected chi connectivity index (χ2v) is 8.98. The number of halogens is 1. The Morgan fingerprint density at radius 2 is 1.78 bits per heavy atom. The monoisotopic (exact) mass is 492 g/mol. The number of rotatable bonds is 0. The van der Waals surface area contributed by atoms with Gasteiger partial charge in [0.1, 0.15) is 34.0 Å². The fourth-order valence-electron chi connectivity index (χ4n) is 5.39. The number of hydrogen-bond donors (Lipinski definition) is 1. The van der Waals surface area contributed by atoms with Crippen LogP contribution in [0.15, 0.2) is 92.2 Å². The molecule has 8 nitrogen and oxygen atoms in total. The van der Waals surface area contributed by atoms with Gasteiger partial charge >= 0.3 is 5.63 Å². The first-order valence-corrected chi connectivity index (χ1v) is 11.3. The molecule has 1 spiro atoms. The van der Waals surface area contributed by atoms with E-state index in [2.05, 4.69) is 6.07 Å². The number of ether oxygens (including phenoxy) is 1. The smallest absolute Gasteiger partial charge is 0.345 e. The molecule has 2 aromatic heterocycles. The van der Waals surface area contributed by atoms with E-state index in [1.165, 1.54) is 4.57 Å². The molecule has 4 heterocycles. The second-order valence-electron chi connectivity index (χ2n) is 8.55. The summed E-state index contributed by atoms with van der Waals surface area (Å²) in [5.41, 5.74) is 5.00. The fraction of sp³-hybridized carbons (Fsp3) is 0.0370. The minimum atomic E-state index is -1.69. The number of para-hydroxylation sites is 2. The van der Waals surface area contributed by atoms with E-state index in [1.54, 1.807) is 66.7 Å². The molecular formula is C27H13ClN4O4. The first-order chi connectivity index (χ1) is 17.5. The van der Waals surface area contributed by atoms with Crippen molar-refractivity contribution >= 4 is 33.5 Å². The van der Waals surface area contributed by atoms with Gasteiger partial charge in [-0.2, -0.15) is 5.26 Å². The van der Waals surface area contributed by atoms with Crippen LogP contribution in [-0.2, 0) is 5.41 Å². The topological polar surface area (TPSA) is 124 Å². The van der Waals surface area contributed by atoms with Gasteiger partial charge in [0.25, 0.3) is 5.56 Å². The van der Waals surface area contributed by atoms with Crippen LogP contribution in [-0.4, -0.2) is 9.55 Å². The summed E-state index contributed by atoms with van der Waals surface area (Å²) in [7, 11) is 0. The van der Waals surface area contributed by atoms with Crippen LogP contribution in [0.25, 0.3) is 27.6 Å². The Morgan fingerprint density at radius 1 is 1.03 bits per heavy atom. The largest absolute Gasteiger partial charge is 0.439 e. The maximum Gasteiger partial charge on any atom is 0.345 e. The quantitative estimate of drug-likeness (QED) is 0.325. The molecule has 0 amide bonds. The molecule has 1 unspecified atom stereocenters. The molecule has 1 atom stereocenters. The number of nitrogens with zero attached hydrogens (tertiary/aromatic N) is 3. The Labute approximate surface area is 207 Å². The molecule has 0 saturated carbocycles. The summed E-state index contributed by atoms with van der Waals surface area (Å²) >= 11 is 6.43. The number of nitriles is 1.